The molecule has 0 aromatic heterocycles. The largest absolute Gasteiger partial charge is 0.381 e. The predicted molar refractivity (Wildman–Crippen MR) is 76.7 cm³/mol. The maximum absolute atomic E-state index is 12.0. The quantitative estimate of drug-likeness (QED) is 0.861. The molecule has 0 radical (unpaired) electrons. The molecule has 1 rings (SSSR count). The molecule has 1 aromatic carbocycles. The van der Waals surface area contributed by atoms with Crippen LogP contribution in [-0.2, 0) is 9.84 Å². The Morgan fingerprint density at radius 1 is 1.17 bits per heavy atom. The van der Waals surface area contributed by atoms with E-state index >= 15 is 0 Å². The van der Waals surface area contributed by atoms with Gasteiger partial charge in [-0.05, 0) is 24.5 Å². The highest BCUT2D eigenvalue weighted by Crippen LogP contribution is 2.24. The second-order valence-electron chi connectivity index (χ2n) is 4.80. The Bertz CT molecular complexity index is 480. The van der Waals surface area contributed by atoms with E-state index in [-0.39, 0.29) is 5.75 Å². The van der Waals surface area contributed by atoms with Gasteiger partial charge in [0.25, 0.3) is 0 Å². The number of rotatable bonds is 6. The van der Waals surface area contributed by atoms with E-state index in [0.717, 1.165) is 12.1 Å². The van der Waals surface area contributed by atoms with Crippen molar-refractivity contribution in [2.24, 2.45) is 5.92 Å². The van der Waals surface area contributed by atoms with E-state index in [1.165, 1.54) is 0 Å². The van der Waals surface area contributed by atoms with Crippen molar-refractivity contribution in [2.45, 2.75) is 45.1 Å². The fourth-order valence-electron chi connectivity index (χ4n) is 1.95. The third-order valence-corrected chi connectivity index (χ3v) is 4.97. The molecule has 3 nitrogen and oxygen atoms in total. The summed E-state index contributed by atoms with van der Waals surface area (Å²) in [6.45, 7) is 8.05. The van der Waals surface area contributed by atoms with Crippen LogP contribution in [-0.4, -0.2) is 20.2 Å². The van der Waals surface area contributed by atoms with E-state index in [1.54, 1.807) is 19.1 Å². The van der Waals surface area contributed by atoms with Crippen molar-refractivity contribution in [1.29, 1.82) is 0 Å². The molecule has 1 aromatic rings. The average molecular weight is 269 g/mol. The SMILES string of the molecule is CCC(Nc1ccccc1S(=O)(=O)CC)C(C)C. The van der Waals surface area contributed by atoms with Crippen LogP contribution in [0.4, 0.5) is 5.69 Å². The van der Waals surface area contributed by atoms with Gasteiger partial charge in [-0.1, -0.05) is 39.8 Å². The minimum Gasteiger partial charge on any atom is -0.381 e. The highest BCUT2D eigenvalue weighted by molar-refractivity contribution is 7.91. The van der Waals surface area contributed by atoms with Crippen molar-refractivity contribution >= 4 is 15.5 Å². The Labute approximate surface area is 111 Å². The Balaban J connectivity index is 3.11. The van der Waals surface area contributed by atoms with Gasteiger partial charge < -0.3 is 5.32 Å². The van der Waals surface area contributed by atoms with Crippen molar-refractivity contribution in [3.8, 4) is 0 Å². The second kappa shape index (κ2) is 6.23. The summed E-state index contributed by atoms with van der Waals surface area (Å²) in [5.41, 5.74) is 0.722. The number of hydrogen-bond donors (Lipinski definition) is 1. The summed E-state index contributed by atoms with van der Waals surface area (Å²) in [6.07, 6.45) is 0.970. The van der Waals surface area contributed by atoms with Crippen LogP contribution in [0.3, 0.4) is 0 Å². The van der Waals surface area contributed by atoms with E-state index in [2.05, 4.69) is 26.1 Å². The molecule has 0 aliphatic carbocycles. The van der Waals surface area contributed by atoms with Crippen molar-refractivity contribution in [1.82, 2.24) is 0 Å². The van der Waals surface area contributed by atoms with Crippen LogP contribution in [0.5, 0.6) is 0 Å². The highest BCUT2D eigenvalue weighted by Gasteiger charge is 2.18. The normalized spacial score (nSPS) is 13.6. The minimum absolute atomic E-state index is 0.129. The van der Waals surface area contributed by atoms with Gasteiger partial charge in [0.05, 0.1) is 16.3 Å². The molecule has 0 aliphatic heterocycles. The Morgan fingerprint density at radius 3 is 2.28 bits per heavy atom. The first kappa shape index (κ1) is 15.0. The monoisotopic (exact) mass is 269 g/mol. The fourth-order valence-corrected chi connectivity index (χ4v) is 3.01. The lowest BCUT2D eigenvalue weighted by Gasteiger charge is -2.23. The Morgan fingerprint density at radius 2 is 1.78 bits per heavy atom. The Hall–Kier alpha value is -1.03. The van der Waals surface area contributed by atoms with Gasteiger partial charge in [-0.3, -0.25) is 0 Å². The predicted octanol–water partition coefficient (Wildman–Crippen LogP) is 3.33. The zero-order chi connectivity index (χ0) is 13.8. The molecule has 1 N–H and O–H groups in total. The topological polar surface area (TPSA) is 46.2 Å². The molecule has 0 heterocycles. The molecule has 0 saturated carbocycles. The summed E-state index contributed by atoms with van der Waals surface area (Å²) in [5, 5.41) is 3.36. The summed E-state index contributed by atoms with van der Waals surface area (Å²) in [4.78, 5) is 0.409. The van der Waals surface area contributed by atoms with Crippen LogP contribution in [0.2, 0.25) is 0 Å². The number of para-hydroxylation sites is 1. The van der Waals surface area contributed by atoms with Crippen LogP contribution < -0.4 is 5.32 Å². The average Bonchev–Trinajstić information content (AvgIpc) is 2.35. The van der Waals surface area contributed by atoms with Gasteiger partial charge in [0.2, 0.25) is 0 Å². The smallest absolute Gasteiger partial charge is 0.180 e. The molecule has 4 heteroatoms. The van der Waals surface area contributed by atoms with Crippen molar-refractivity contribution < 1.29 is 8.42 Å². The lowest BCUT2D eigenvalue weighted by atomic mass is 10.0. The van der Waals surface area contributed by atoms with Crippen molar-refractivity contribution in [3.63, 3.8) is 0 Å². The van der Waals surface area contributed by atoms with Gasteiger partial charge in [-0.15, -0.1) is 0 Å². The van der Waals surface area contributed by atoms with Gasteiger partial charge in [-0.2, -0.15) is 0 Å². The number of hydrogen-bond acceptors (Lipinski definition) is 3. The minimum atomic E-state index is -3.17. The number of sulfone groups is 1. The molecule has 0 saturated heterocycles. The molecule has 102 valence electrons. The van der Waals surface area contributed by atoms with Crippen LogP contribution >= 0.6 is 0 Å². The molecular weight excluding hydrogens is 246 g/mol. The zero-order valence-electron chi connectivity index (χ0n) is 11.6. The maximum atomic E-state index is 12.0. The number of anilines is 1. The maximum Gasteiger partial charge on any atom is 0.180 e. The summed E-state index contributed by atoms with van der Waals surface area (Å²) in [6, 6.07) is 7.44. The lowest BCUT2D eigenvalue weighted by molar-refractivity contribution is 0.510. The molecule has 0 spiro atoms. The van der Waals surface area contributed by atoms with Gasteiger partial charge in [0.1, 0.15) is 0 Å². The summed E-state index contributed by atoms with van der Waals surface area (Å²) >= 11 is 0. The van der Waals surface area contributed by atoms with Crippen molar-refractivity contribution in [3.05, 3.63) is 24.3 Å². The molecular formula is C14H23NO2S. The summed E-state index contributed by atoms with van der Waals surface area (Å²) in [7, 11) is -3.17. The molecule has 1 atom stereocenters. The zero-order valence-corrected chi connectivity index (χ0v) is 12.4. The van der Waals surface area contributed by atoms with E-state index in [9.17, 15) is 8.42 Å². The highest BCUT2D eigenvalue weighted by atomic mass is 32.2. The first-order valence-corrected chi connectivity index (χ1v) is 8.15. The third-order valence-electron chi connectivity index (χ3n) is 3.19. The lowest BCUT2D eigenvalue weighted by Crippen LogP contribution is -2.25. The standard InChI is InChI=1S/C14H23NO2S/c1-5-12(11(3)4)15-13-9-7-8-10-14(13)18(16,17)6-2/h7-12,15H,5-6H2,1-4H3. The van der Waals surface area contributed by atoms with E-state index < -0.39 is 9.84 Å². The van der Waals surface area contributed by atoms with Crippen molar-refractivity contribution in [2.75, 3.05) is 11.1 Å². The number of benzene rings is 1. The molecule has 0 aliphatic rings. The second-order valence-corrected chi connectivity index (χ2v) is 7.05. The van der Waals surface area contributed by atoms with Crippen LogP contribution in [0.1, 0.15) is 34.1 Å². The van der Waals surface area contributed by atoms with Gasteiger partial charge >= 0.3 is 0 Å². The molecule has 1 unspecified atom stereocenters. The van der Waals surface area contributed by atoms with E-state index in [0.29, 0.717) is 16.9 Å². The molecule has 0 bridgehead atoms. The molecule has 18 heavy (non-hydrogen) atoms. The Kier molecular flexibility index (Phi) is 5.20. The first-order valence-electron chi connectivity index (χ1n) is 6.50. The van der Waals surface area contributed by atoms with Crippen LogP contribution in [0.15, 0.2) is 29.2 Å². The summed E-state index contributed by atoms with van der Waals surface area (Å²) < 4.78 is 24.0. The van der Waals surface area contributed by atoms with Crippen LogP contribution in [0.25, 0.3) is 0 Å². The first-order chi connectivity index (χ1) is 8.42. The van der Waals surface area contributed by atoms with E-state index in [1.807, 2.05) is 12.1 Å². The summed E-state index contributed by atoms with van der Waals surface area (Å²) in [5.74, 6) is 0.594. The van der Waals surface area contributed by atoms with Crippen LogP contribution in [0, 0.1) is 5.92 Å². The van der Waals surface area contributed by atoms with Gasteiger partial charge in [0.15, 0.2) is 9.84 Å². The fraction of sp³-hybridized carbons (Fsp3) is 0.571. The number of nitrogens with one attached hydrogen (secondary N) is 1. The third kappa shape index (κ3) is 3.48. The van der Waals surface area contributed by atoms with Gasteiger partial charge in [-0.25, -0.2) is 8.42 Å². The van der Waals surface area contributed by atoms with E-state index in [4.69, 9.17) is 0 Å². The molecule has 0 amide bonds. The molecule has 0 fully saturated rings. The van der Waals surface area contributed by atoms with Gasteiger partial charge in [0, 0.05) is 6.04 Å².